The molecule has 0 saturated heterocycles. The molecule has 0 radical (unpaired) electrons. The molecule has 2 unspecified atom stereocenters. The molecule has 1 aliphatic rings. The fourth-order valence-corrected chi connectivity index (χ4v) is 5.87. The van der Waals surface area contributed by atoms with Crippen LogP contribution >= 0.6 is 7.60 Å². The molecule has 6 atom stereocenters. The van der Waals surface area contributed by atoms with Gasteiger partial charge in [0.1, 0.15) is 6.10 Å². The number of aromatic amines is 1. The summed E-state index contributed by atoms with van der Waals surface area (Å²) < 4.78 is 19.6. The predicted molar refractivity (Wildman–Crippen MR) is 110 cm³/mol. The highest BCUT2D eigenvalue weighted by molar-refractivity contribution is 7.54. The highest BCUT2D eigenvalue weighted by Crippen LogP contribution is 2.60. The van der Waals surface area contributed by atoms with Crippen LogP contribution in [0.15, 0.2) is 21.9 Å². The molecule has 1 aliphatic carbocycles. The number of aliphatic hydroxyl groups excluding tert-OH is 2. The molecule has 11 heteroatoms. The summed E-state index contributed by atoms with van der Waals surface area (Å²) in [7, 11) is -4.41. The molecule has 1 fully saturated rings. The van der Waals surface area contributed by atoms with Crippen LogP contribution in [-0.2, 0) is 9.09 Å². The van der Waals surface area contributed by atoms with Crippen molar-refractivity contribution in [2.24, 2.45) is 5.92 Å². The Kier molecular flexibility index (Phi) is 7.54. The highest BCUT2D eigenvalue weighted by atomic mass is 31.2. The largest absolute Gasteiger partial charge is 0.390 e. The van der Waals surface area contributed by atoms with Crippen LogP contribution in [-0.4, -0.2) is 52.9 Å². The first-order valence-electron chi connectivity index (χ1n) is 10.3. The summed E-state index contributed by atoms with van der Waals surface area (Å²) in [6.45, 7) is 6.59. The van der Waals surface area contributed by atoms with Gasteiger partial charge in [0, 0.05) is 12.3 Å². The van der Waals surface area contributed by atoms with Crippen molar-refractivity contribution in [3.63, 3.8) is 0 Å². The molecule has 0 aromatic carbocycles. The maximum atomic E-state index is 12.8. The Morgan fingerprint density at radius 3 is 2.30 bits per heavy atom. The van der Waals surface area contributed by atoms with Gasteiger partial charge in [-0.15, -0.1) is 0 Å². The molecule has 10 nitrogen and oxygen atoms in total. The van der Waals surface area contributed by atoms with Gasteiger partial charge in [0.15, 0.2) is 5.34 Å². The summed E-state index contributed by atoms with van der Waals surface area (Å²) in [4.78, 5) is 36.0. The molecule has 0 amide bonds. The fraction of sp³-hybridized carbons (Fsp3) is 0.789. The molecule has 172 valence electrons. The van der Waals surface area contributed by atoms with Gasteiger partial charge in [0.25, 0.3) is 5.56 Å². The van der Waals surface area contributed by atoms with E-state index in [9.17, 15) is 34.4 Å². The fourth-order valence-electron chi connectivity index (χ4n) is 4.10. The Morgan fingerprint density at radius 1 is 1.20 bits per heavy atom. The average Bonchev–Trinajstić information content (AvgIpc) is 2.94. The van der Waals surface area contributed by atoms with Crippen LogP contribution in [0.3, 0.4) is 0 Å². The van der Waals surface area contributed by atoms with E-state index in [1.165, 1.54) is 10.8 Å². The predicted octanol–water partition coefficient (Wildman–Crippen LogP) is 1.09. The van der Waals surface area contributed by atoms with Crippen molar-refractivity contribution in [1.29, 1.82) is 0 Å². The quantitative estimate of drug-likeness (QED) is 0.351. The molecule has 0 aliphatic heterocycles. The summed E-state index contributed by atoms with van der Waals surface area (Å²) in [6.07, 6.45) is -0.452. The number of hydrogen-bond acceptors (Lipinski definition) is 7. The smallest absolute Gasteiger partial charge is 0.359 e. The number of H-pyrrole nitrogens is 1. The number of aromatic nitrogens is 2. The van der Waals surface area contributed by atoms with Crippen LogP contribution in [0.5, 0.6) is 0 Å². The van der Waals surface area contributed by atoms with Crippen LogP contribution in [0.4, 0.5) is 0 Å². The van der Waals surface area contributed by atoms with Gasteiger partial charge >= 0.3 is 13.3 Å². The Balaban J connectivity index is 2.25. The number of hydrogen-bond donors (Lipinski definition) is 5. The van der Waals surface area contributed by atoms with Gasteiger partial charge in [-0.3, -0.25) is 18.9 Å². The average molecular weight is 448 g/mol. The van der Waals surface area contributed by atoms with Gasteiger partial charge < -0.3 is 24.7 Å². The van der Waals surface area contributed by atoms with Crippen LogP contribution in [0.1, 0.15) is 65.8 Å². The number of aliphatic hydroxyl groups is 3. The summed E-state index contributed by atoms with van der Waals surface area (Å²) in [6, 6.07) is 0.394. The van der Waals surface area contributed by atoms with Crippen LogP contribution in [0.25, 0.3) is 0 Å². The van der Waals surface area contributed by atoms with Gasteiger partial charge in [0.2, 0.25) is 0 Å². The first-order valence-corrected chi connectivity index (χ1v) is 11.8. The minimum atomic E-state index is -4.41. The topological polar surface area (TPSA) is 162 Å². The van der Waals surface area contributed by atoms with Gasteiger partial charge in [-0.05, 0) is 44.9 Å². The number of nitrogens with zero attached hydrogens (tertiary/aromatic N) is 1. The lowest BCUT2D eigenvalue weighted by atomic mass is 9.87. The van der Waals surface area contributed by atoms with Gasteiger partial charge in [-0.1, -0.05) is 20.8 Å². The number of nitrogens with one attached hydrogen (secondary N) is 1. The van der Waals surface area contributed by atoms with Crippen molar-refractivity contribution < 1.29 is 29.3 Å². The van der Waals surface area contributed by atoms with Gasteiger partial charge in [0.05, 0.1) is 17.7 Å². The minimum absolute atomic E-state index is 0.0407. The van der Waals surface area contributed by atoms with E-state index in [0.29, 0.717) is 6.42 Å². The lowest BCUT2D eigenvalue weighted by Crippen LogP contribution is -2.38. The van der Waals surface area contributed by atoms with E-state index < -0.39 is 54.0 Å². The Bertz CT molecular complexity index is 895. The summed E-state index contributed by atoms with van der Waals surface area (Å²) in [5.74, 6) is -0.537. The molecule has 1 aromatic heterocycles. The zero-order chi connectivity index (χ0) is 22.9. The first-order chi connectivity index (χ1) is 13.8. The third-order valence-corrected chi connectivity index (χ3v) is 8.80. The Hall–Kier alpha value is -1.29. The zero-order valence-electron chi connectivity index (χ0n) is 17.8. The van der Waals surface area contributed by atoms with Crippen molar-refractivity contribution >= 4 is 7.60 Å². The zero-order valence-corrected chi connectivity index (χ0v) is 18.7. The normalized spacial score (nSPS) is 28.8. The SMILES string of the molecule is CCC(C)(C[C@H]1C[C@@H](n2ccc(=O)[nH]c2=O)[C@H](O)[C@@H]1O)OP(=O)(O)C(O)(CC)CC. The van der Waals surface area contributed by atoms with Crippen molar-refractivity contribution in [3.05, 3.63) is 33.1 Å². The van der Waals surface area contributed by atoms with Crippen LogP contribution in [0, 0.1) is 5.92 Å². The molecular formula is C19H33N2O8P. The van der Waals surface area contributed by atoms with Crippen molar-refractivity contribution in [3.8, 4) is 0 Å². The highest BCUT2D eigenvalue weighted by Gasteiger charge is 2.51. The van der Waals surface area contributed by atoms with Crippen LogP contribution < -0.4 is 11.2 Å². The van der Waals surface area contributed by atoms with E-state index in [4.69, 9.17) is 4.52 Å². The molecule has 30 heavy (non-hydrogen) atoms. The molecular weight excluding hydrogens is 415 g/mol. The lowest BCUT2D eigenvalue weighted by Gasteiger charge is -2.38. The van der Waals surface area contributed by atoms with Gasteiger partial charge in [-0.2, -0.15) is 0 Å². The van der Waals surface area contributed by atoms with Crippen LogP contribution in [0.2, 0.25) is 0 Å². The third kappa shape index (κ3) is 4.79. The number of rotatable bonds is 9. The van der Waals surface area contributed by atoms with E-state index >= 15 is 0 Å². The molecule has 1 heterocycles. The molecule has 5 N–H and O–H groups in total. The molecule has 1 aromatic rings. The Labute approximate surface area is 175 Å². The maximum absolute atomic E-state index is 12.8. The van der Waals surface area contributed by atoms with E-state index in [-0.39, 0.29) is 25.7 Å². The lowest BCUT2D eigenvalue weighted by molar-refractivity contribution is -0.0284. The van der Waals surface area contributed by atoms with Crippen molar-refractivity contribution in [1.82, 2.24) is 9.55 Å². The monoisotopic (exact) mass is 448 g/mol. The Morgan fingerprint density at radius 2 is 1.80 bits per heavy atom. The second-order valence-corrected chi connectivity index (χ2v) is 10.4. The van der Waals surface area contributed by atoms with E-state index in [1.807, 2.05) is 0 Å². The summed E-state index contributed by atoms with van der Waals surface area (Å²) >= 11 is 0. The summed E-state index contributed by atoms with van der Waals surface area (Å²) in [5, 5.41) is 29.7. The van der Waals surface area contributed by atoms with Gasteiger partial charge in [-0.25, -0.2) is 4.79 Å². The summed E-state index contributed by atoms with van der Waals surface area (Å²) in [5.41, 5.74) is -2.41. The second kappa shape index (κ2) is 9.06. The molecule has 2 rings (SSSR count). The second-order valence-electron chi connectivity index (χ2n) is 8.37. The van der Waals surface area contributed by atoms with E-state index in [2.05, 4.69) is 4.98 Å². The third-order valence-electron chi connectivity index (χ3n) is 6.42. The van der Waals surface area contributed by atoms with E-state index in [1.54, 1.807) is 27.7 Å². The minimum Gasteiger partial charge on any atom is -0.390 e. The maximum Gasteiger partial charge on any atom is 0.359 e. The molecule has 0 bridgehead atoms. The van der Waals surface area contributed by atoms with Crippen molar-refractivity contribution in [2.45, 2.75) is 89.0 Å². The first kappa shape index (κ1) is 25.0. The molecule has 1 saturated carbocycles. The van der Waals surface area contributed by atoms with E-state index in [0.717, 1.165) is 6.07 Å². The standard InChI is InChI=1S/C19H33N2O8P/c1-5-18(4,29-30(27,28)19(26,6-2)7-3)11-12-10-13(16(24)15(12)23)21-9-8-14(22)20-17(21)25/h8-9,12-13,15-16,23-24,26H,5-7,10-11H2,1-4H3,(H,27,28)(H,20,22,25)/t12-,13-,15-,16+,18?/m1/s1. The van der Waals surface area contributed by atoms with Crippen molar-refractivity contribution in [2.75, 3.05) is 0 Å². The molecule has 0 spiro atoms.